The zero-order chi connectivity index (χ0) is 23.1. The van der Waals surface area contributed by atoms with Crippen LogP contribution in [-0.2, 0) is 6.42 Å². The molecule has 1 heterocycles. The van der Waals surface area contributed by atoms with Gasteiger partial charge in [-0.15, -0.1) is 0 Å². The second-order valence-electron chi connectivity index (χ2n) is 9.80. The normalized spacial score (nSPS) is 23.7. The number of aryl methyl sites for hydroxylation is 1. The summed E-state index contributed by atoms with van der Waals surface area (Å²) in [5.41, 5.74) is 2.55. The van der Waals surface area contributed by atoms with Gasteiger partial charge in [-0.1, -0.05) is 51.5 Å². The van der Waals surface area contributed by atoms with Gasteiger partial charge in [-0.3, -0.25) is 4.90 Å². The van der Waals surface area contributed by atoms with E-state index in [0.717, 1.165) is 38.9 Å². The van der Waals surface area contributed by atoms with Crippen molar-refractivity contribution in [1.82, 2.24) is 10.2 Å². The van der Waals surface area contributed by atoms with E-state index < -0.39 is 0 Å². The monoisotopic (exact) mass is 438 g/mol. The van der Waals surface area contributed by atoms with E-state index >= 15 is 0 Å². The Labute approximate surface area is 194 Å². The molecule has 0 amide bonds. The molecule has 176 valence electrons. The molecule has 3 N–H and O–H groups in total. The van der Waals surface area contributed by atoms with Gasteiger partial charge in [0, 0.05) is 18.6 Å². The van der Waals surface area contributed by atoms with Crippen LogP contribution in [-0.4, -0.2) is 46.8 Å². The van der Waals surface area contributed by atoms with Crippen LogP contribution in [0.2, 0.25) is 0 Å². The van der Waals surface area contributed by atoms with Crippen molar-refractivity contribution in [3.8, 4) is 11.5 Å². The maximum Gasteiger partial charge on any atom is 0.115 e. The molecule has 0 aliphatic carbocycles. The summed E-state index contributed by atoms with van der Waals surface area (Å²) >= 11 is 0. The molecule has 5 atom stereocenters. The average Bonchev–Trinajstić information content (AvgIpc) is 2.79. The highest BCUT2D eigenvalue weighted by Crippen LogP contribution is 2.37. The second kappa shape index (κ2) is 11.7. The van der Waals surface area contributed by atoms with Crippen LogP contribution < -0.4 is 5.32 Å². The number of hydrogen-bond acceptors (Lipinski definition) is 4. The zero-order valence-electron chi connectivity index (χ0n) is 20.3. The summed E-state index contributed by atoms with van der Waals surface area (Å²) in [6.07, 6.45) is 4.45. The second-order valence-corrected chi connectivity index (χ2v) is 9.80. The number of hydrogen-bond donors (Lipinski definition) is 3. The van der Waals surface area contributed by atoms with Gasteiger partial charge < -0.3 is 15.5 Å². The molecular formula is C28H42N2O2. The summed E-state index contributed by atoms with van der Waals surface area (Å²) in [5.74, 6) is 2.40. The number of aromatic hydroxyl groups is 2. The lowest BCUT2D eigenvalue weighted by Gasteiger charge is -2.45. The van der Waals surface area contributed by atoms with E-state index in [9.17, 15) is 10.2 Å². The lowest BCUT2D eigenvalue weighted by atomic mass is 9.77. The van der Waals surface area contributed by atoms with Crippen LogP contribution in [0, 0.1) is 11.8 Å². The average molecular weight is 439 g/mol. The third kappa shape index (κ3) is 6.49. The Morgan fingerprint density at radius 2 is 1.81 bits per heavy atom. The van der Waals surface area contributed by atoms with Crippen LogP contribution in [0.1, 0.15) is 64.0 Å². The van der Waals surface area contributed by atoms with Crippen molar-refractivity contribution < 1.29 is 10.2 Å². The molecule has 1 fully saturated rings. The number of benzene rings is 2. The fourth-order valence-corrected chi connectivity index (χ4v) is 5.15. The minimum atomic E-state index is 0.333. The minimum Gasteiger partial charge on any atom is -0.508 e. The van der Waals surface area contributed by atoms with E-state index in [1.54, 1.807) is 18.2 Å². The Balaban J connectivity index is 1.54. The van der Waals surface area contributed by atoms with Crippen LogP contribution in [0.5, 0.6) is 11.5 Å². The third-order valence-electron chi connectivity index (χ3n) is 7.74. The molecule has 1 aliphatic heterocycles. The molecule has 1 saturated heterocycles. The van der Waals surface area contributed by atoms with Crippen molar-refractivity contribution in [3.63, 3.8) is 0 Å². The number of phenols is 2. The van der Waals surface area contributed by atoms with Gasteiger partial charge >= 0.3 is 0 Å². The van der Waals surface area contributed by atoms with E-state index in [1.165, 1.54) is 17.5 Å². The van der Waals surface area contributed by atoms with Gasteiger partial charge in [0.1, 0.15) is 11.5 Å². The Bertz CT molecular complexity index is 822. The smallest absolute Gasteiger partial charge is 0.115 e. The Morgan fingerprint density at radius 3 is 2.50 bits per heavy atom. The van der Waals surface area contributed by atoms with Crippen LogP contribution in [0.15, 0.2) is 48.5 Å². The van der Waals surface area contributed by atoms with Crippen LogP contribution in [0.25, 0.3) is 0 Å². The van der Waals surface area contributed by atoms with Gasteiger partial charge in [-0.2, -0.15) is 0 Å². The Morgan fingerprint density at radius 1 is 1.06 bits per heavy atom. The molecule has 2 aromatic carbocycles. The van der Waals surface area contributed by atoms with Gasteiger partial charge in [0.15, 0.2) is 0 Å². The van der Waals surface area contributed by atoms with Crippen molar-refractivity contribution in [2.45, 2.75) is 71.4 Å². The summed E-state index contributed by atoms with van der Waals surface area (Å²) in [6.45, 7) is 12.6. The molecule has 4 heteroatoms. The SMILES string of the molecule is CCC(C)[C@@H](CN1CC[C@@H](c2cccc(O)c2)[C@@H](C)C1C)NCCCc1ccc(O)cc1. The first-order chi connectivity index (χ1) is 15.4. The van der Waals surface area contributed by atoms with Gasteiger partial charge in [0.2, 0.25) is 0 Å². The van der Waals surface area contributed by atoms with Crippen molar-refractivity contribution in [2.24, 2.45) is 11.8 Å². The number of nitrogens with one attached hydrogen (secondary N) is 1. The molecule has 0 radical (unpaired) electrons. The van der Waals surface area contributed by atoms with Crippen molar-refractivity contribution in [1.29, 1.82) is 0 Å². The summed E-state index contributed by atoms with van der Waals surface area (Å²) in [6, 6.07) is 16.4. The molecular weight excluding hydrogens is 396 g/mol. The summed E-state index contributed by atoms with van der Waals surface area (Å²) in [4.78, 5) is 2.67. The number of piperidine rings is 1. The highest BCUT2D eigenvalue weighted by molar-refractivity contribution is 5.30. The minimum absolute atomic E-state index is 0.333. The van der Waals surface area contributed by atoms with Gasteiger partial charge in [0.05, 0.1) is 0 Å². The van der Waals surface area contributed by atoms with Crippen LogP contribution in [0.4, 0.5) is 0 Å². The molecule has 4 nitrogen and oxygen atoms in total. The van der Waals surface area contributed by atoms with E-state index in [4.69, 9.17) is 0 Å². The van der Waals surface area contributed by atoms with Gasteiger partial charge in [-0.25, -0.2) is 0 Å². The van der Waals surface area contributed by atoms with E-state index in [1.807, 2.05) is 24.3 Å². The molecule has 2 unspecified atom stereocenters. The number of phenolic OH excluding ortho intramolecular Hbond substituents is 2. The van der Waals surface area contributed by atoms with Gasteiger partial charge in [0.25, 0.3) is 0 Å². The van der Waals surface area contributed by atoms with Crippen molar-refractivity contribution >= 4 is 0 Å². The molecule has 0 bridgehead atoms. The van der Waals surface area contributed by atoms with Crippen molar-refractivity contribution in [3.05, 3.63) is 59.7 Å². The zero-order valence-corrected chi connectivity index (χ0v) is 20.3. The topological polar surface area (TPSA) is 55.7 Å². The molecule has 32 heavy (non-hydrogen) atoms. The maximum atomic E-state index is 9.91. The predicted octanol–water partition coefficient (Wildman–Crippen LogP) is 5.55. The molecule has 0 spiro atoms. The summed E-state index contributed by atoms with van der Waals surface area (Å²) in [5, 5.41) is 23.2. The van der Waals surface area contributed by atoms with Crippen LogP contribution in [0.3, 0.4) is 0 Å². The highest BCUT2D eigenvalue weighted by atomic mass is 16.3. The first kappa shape index (κ1) is 24.6. The standard InChI is InChI=1S/C28H42N2O2/c1-5-20(2)28(29-16-7-8-23-11-13-25(31)14-12-23)19-30-17-15-27(21(3)22(30)4)24-9-6-10-26(32)18-24/h6,9-14,18,20-22,27-29,31-32H,5,7-8,15-17,19H2,1-4H3/t20?,21-,22?,27+,28+/m0/s1. The lowest BCUT2D eigenvalue weighted by molar-refractivity contribution is 0.0777. The predicted molar refractivity (Wildman–Crippen MR) is 133 cm³/mol. The molecule has 0 aromatic heterocycles. The first-order valence-electron chi connectivity index (χ1n) is 12.4. The van der Waals surface area contributed by atoms with E-state index in [2.05, 4.69) is 44.0 Å². The quantitative estimate of drug-likeness (QED) is 0.426. The van der Waals surface area contributed by atoms with Gasteiger partial charge in [-0.05, 0) is 92.4 Å². The number of rotatable bonds is 10. The lowest BCUT2D eigenvalue weighted by Crippen LogP contribution is -2.52. The Hall–Kier alpha value is -2.04. The van der Waals surface area contributed by atoms with E-state index in [-0.39, 0.29) is 0 Å². The highest BCUT2D eigenvalue weighted by Gasteiger charge is 2.34. The summed E-state index contributed by atoms with van der Waals surface area (Å²) in [7, 11) is 0. The number of nitrogens with zero attached hydrogens (tertiary/aromatic N) is 1. The largest absolute Gasteiger partial charge is 0.508 e. The van der Waals surface area contributed by atoms with Crippen LogP contribution >= 0.6 is 0 Å². The third-order valence-corrected chi connectivity index (χ3v) is 7.74. The molecule has 3 rings (SSSR count). The molecule has 2 aromatic rings. The fourth-order valence-electron chi connectivity index (χ4n) is 5.15. The molecule has 1 aliphatic rings. The van der Waals surface area contributed by atoms with Crippen molar-refractivity contribution in [2.75, 3.05) is 19.6 Å². The Kier molecular flexibility index (Phi) is 9.01. The van der Waals surface area contributed by atoms with E-state index in [0.29, 0.717) is 41.3 Å². The first-order valence-corrected chi connectivity index (χ1v) is 12.4. The number of likely N-dealkylation sites (tertiary alicyclic amines) is 1. The molecule has 0 saturated carbocycles. The summed E-state index contributed by atoms with van der Waals surface area (Å²) < 4.78 is 0. The maximum absolute atomic E-state index is 9.91. The fraction of sp³-hybridized carbons (Fsp3) is 0.571.